The van der Waals surface area contributed by atoms with Gasteiger partial charge >= 0.3 is 0 Å². The van der Waals surface area contributed by atoms with E-state index in [4.69, 9.17) is 0 Å². The van der Waals surface area contributed by atoms with Crippen LogP contribution in [0.1, 0.15) is 38.3 Å². The van der Waals surface area contributed by atoms with Crippen molar-refractivity contribution in [3.63, 3.8) is 0 Å². The molecule has 1 heterocycles. The Morgan fingerprint density at radius 2 is 1.76 bits per heavy atom. The van der Waals surface area contributed by atoms with Crippen molar-refractivity contribution in [3.8, 4) is 0 Å². The lowest BCUT2D eigenvalue weighted by Crippen LogP contribution is -2.37. The van der Waals surface area contributed by atoms with Gasteiger partial charge in [-0.2, -0.15) is 0 Å². The van der Waals surface area contributed by atoms with Crippen molar-refractivity contribution in [2.75, 3.05) is 32.7 Å². The summed E-state index contributed by atoms with van der Waals surface area (Å²) in [5.41, 5.74) is 2.82. The van der Waals surface area contributed by atoms with Gasteiger partial charge in [0.15, 0.2) is 0 Å². The van der Waals surface area contributed by atoms with Gasteiger partial charge in [0.05, 0.1) is 0 Å². The molecule has 3 heteroatoms. The zero-order valence-corrected chi connectivity index (χ0v) is 13.9. The number of hydrogen-bond acceptors (Lipinski definition) is 3. The predicted molar refractivity (Wildman–Crippen MR) is 90.4 cm³/mol. The highest BCUT2D eigenvalue weighted by Gasteiger charge is 2.25. The summed E-state index contributed by atoms with van der Waals surface area (Å²) in [6, 6.07) is 9.86. The minimum Gasteiger partial charge on any atom is -0.313 e. The molecule has 1 saturated heterocycles. The topological polar surface area (TPSA) is 18.5 Å². The summed E-state index contributed by atoms with van der Waals surface area (Å²) >= 11 is 0. The average Bonchev–Trinajstić information content (AvgIpc) is 2.96. The molecule has 21 heavy (non-hydrogen) atoms. The molecule has 1 fully saturated rings. The second kappa shape index (κ2) is 8.52. The lowest BCUT2D eigenvalue weighted by molar-refractivity contribution is 0.209. The third-order valence-corrected chi connectivity index (χ3v) is 4.58. The van der Waals surface area contributed by atoms with E-state index in [9.17, 15) is 0 Å². The van der Waals surface area contributed by atoms with Crippen LogP contribution >= 0.6 is 0 Å². The summed E-state index contributed by atoms with van der Waals surface area (Å²) in [5, 5.41) is 3.37. The van der Waals surface area contributed by atoms with E-state index in [1.54, 1.807) is 0 Å². The Labute approximate surface area is 130 Å². The predicted octanol–water partition coefficient (Wildman–Crippen LogP) is 2.71. The lowest BCUT2D eigenvalue weighted by atomic mass is 10.1. The molecule has 1 N–H and O–H groups in total. The van der Waals surface area contributed by atoms with Gasteiger partial charge in [0.25, 0.3) is 0 Å². The molecule has 2 rings (SSSR count). The number of nitrogens with zero attached hydrogens (tertiary/aromatic N) is 2. The van der Waals surface area contributed by atoms with Crippen molar-refractivity contribution in [1.82, 2.24) is 15.1 Å². The summed E-state index contributed by atoms with van der Waals surface area (Å²) in [5.74, 6) is 0. The third-order valence-electron chi connectivity index (χ3n) is 4.58. The van der Waals surface area contributed by atoms with E-state index in [-0.39, 0.29) is 0 Å². The quantitative estimate of drug-likeness (QED) is 0.794. The van der Waals surface area contributed by atoms with Gasteiger partial charge in [-0.25, -0.2) is 0 Å². The van der Waals surface area contributed by atoms with Crippen LogP contribution in [0.15, 0.2) is 24.3 Å². The number of rotatable bonds is 8. The fourth-order valence-corrected chi connectivity index (χ4v) is 3.28. The standard InChI is InChI=1S/C18H31N3/c1-4-19-13-16-7-9-17(10-8-16)14-20-12-11-18(15-20)21(5-2)6-3/h7-10,18-19H,4-6,11-15H2,1-3H3. The van der Waals surface area contributed by atoms with Crippen LogP contribution in [-0.2, 0) is 13.1 Å². The van der Waals surface area contributed by atoms with Gasteiger partial charge in [-0.15, -0.1) is 0 Å². The summed E-state index contributed by atoms with van der Waals surface area (Å²) in [4.78, 5) is 5.20. The molecule has 0 spiro atoms. The normalized spacial score (nSPS) is 19.5. The Balaban J connectivity index is 1.82. The van der Waals surface area contributed by atoms with Crippen molar-refractivity contribution >= 4 is 0 Å². The van der Waals surface area contributed by atoms with Gasteiger partial charge in [0, 0.05) is 32.2 Å². The Morgan fingerprint density at radius 3 is 2.38 bits per heavy atom. The van der Waals surface area contributed by atoms with Crippen molar-refractivity contribution in [1.29, 1.82) is 0 Å². The number of benzene rings is 1. The van der Waals surface area contributed by atoms with Gasteiger partial charge in [-0.05, 0) is 37.2 Å². The van der Waals surface area contributed by atoms with Crippen molar-refractivity contribution in [3.05, 3.63) is 35.4 Å². The molecule has 3 nitrogen and oxygen atoms in total. The molecular formula is C18H31N3. The van der Waals surface area contributed by atoms with E-state index in [1.807, 2.05) is 0 Å². The zero-order valence-electron chi connectivity index (χ0n) is 13.9. The van der Waals surface area contributed by atoms with Crippen molar-refractivity contribution < 1.29 is 0 Å². The highest BCUT2D eigenvalue weighted by Crippen LogP contribution is 2.18. The van der Waals surface area contributed by atoms with E-state index in [0.29, 0.717) is 0 Å². The summed E-state index contributed by atoms with van der Waals surface area (Å²) in [6.07, 6.45) is 1.32. The third kappa shape index (κ3) is 4.80. The minimum atomic E-state index is 0.757. The molecule has 118 valence electrons. The molecule has 0 amide bonds. The molecule has 0 aliphatic carbocycles. The Bertz CT molecular complexity index is 397. The van der Waals surface area contributed by atoms with E-state index >= 15 is 0 Å². The highest BCUT2D eigenvalue weighted by molar-refractivity contribution is 5.22. The van der Waals surface area contributed by atoms with Crippen LogP contribution in [0.2, 0.25) is 0 Å². The monoisotopic (exact) mass is 289 g/mol. The molecule has 0 bridgehead atoms. The van der Waals surface area contributed by atoms with Crippen LogP contribution in [0, 0.1) is 0 Å². The average molecular weight is 289 g/mol. The molecular weight excluding hydrogens is 258 g/mol. The van der Waals surface area contributed by atoms with E-state index in [2.05, 4.69) is 60.2 Å². The van der Waals surface area contributed by atoms with Crippen LogP contribution < -0.4 is 5.32 Å². The summed E-state index contributed by atoms with van der Waals surface area (Å²) in [6.45, 7) is 14.6. The molecule has 1 aromatic rings. The Morgan fingerprint density at radius 1 is 1.10 bits per heavy atom. The first-order valence-corrected chi connectivity index (χ1v) is 8.51. The fourth-order valence-electron chi connectivity index (χ4n) is 3.28. The van der Waals surface area contributed by atoms with Crippen LogP contribution in [0.3, 0.4) is 0 Å². The number of likely N-dealkylation sites (tertiary alicyclic amines) is 1. The molecule has 1 aromatic carbocycles. The van der Waals surface area contributed by atoms with E-state index in [0.717, 1.165) is 25.7 Å². The maximum Gasteiger partial charge on any atom is 0.0235 e. The molecule has 1 aliphatic rings. The van der Waals surface area contributed by atoms with E-state index in [1.165, 1.54) is 43.7 Å². The van der Waals surface area contributed by atoms with Crippen LogP contribution in [-0.4, -0.2) is 48.6 Å². The molecule has 0 saturated carbocycles. The second-order valence-corrected chi connectivity index (χ2v) is 6.00. The van der Waals surface area contributed by atoms with Gasteiger partial charge in [0.1, 0.15) is 0 Å². The van der Waals surface area contributed by atoms with Gasteiger partial charge < -0.3 is 5.32 Å². The maximum absolute atomic E-state index is 3.37. The van der Waals surface area contributed by atoms with Gasteiger partial charge in [-0.3, -0.25) is 9.80 Å². The number of hydrogen-bond donors (Lipinski definition) is 1. The Kier molecular flexibility index (Phi) is 6.68. The first-order chi connectivity index (χ1) is 10.3. The minimum absolute atomic E-state index is 0.757. The molecule has 1 unspecified atom stereocenters. The SMILES string of the molecule is CCNCc1ccc(CN2CCC(N(CC)CC)C2)cc1. The summed E-state index contributed by atoms with van der Waals surface area (Å²) < 4.78 is 0. The first-order valence-electron chi connectivity index (χ1n) is 8.51. The number of nitrogens with one attached hydrogen (secondary N) is 1. The smallest absolute Gasteiger partial charge is 0.0235 e. The fraction of sp³-hybridized carbons (Fsp3) is 0.667. The molecule has 1 atom stereocenters. The van der Waals surface area contributed by atoms with Crippen LogP contribution in [0.25, 0.3) is 0 Å². The van der Waals surface area contributed by atoms with Crippen molar-refractivity contribution in [2.24, 2.45) is 0 Å². The van der Waals surface area contributed by atoms with Gasteiger partial charge in [0.2, 0.25) is 0 Å². The highest BCUT2D eigenvalue weighted by atomic mass is 15.2. The number of likely N-dealkylation sites (N-methyl/N-ethyl adjacent to an activating group) is 1. The molecule has 0 radical (unpaired) electrons. The van der Waals surface area contributed by atoms with E-state index < -0.39 is 0 Å². The van der Waals surface area contributed by atoms with Crippen LogP contribution in [0.5, 0.6) is 0 Å². The van der Waals surface area contributed by atoms with Crippen molar-refractivity contribution in [2.45, 2.75) is 46.3 Å². The Hall–Kier alpha value is -0.900. The summed E-state index contributed by atoms with van der Waals surface area (Å²) in [7, 11) is 0. The lowest BCUT2D eigenvalue weighted by Gasteiger charge is -2.26. The maximum atomic E-state index is 3.37. The second-order valence-electron chi connectivity index (χ2n) is 6.00. The first kappa shape index (κ1) is 16.5. The van der Waals surface area contributed by atoms with Gasteiger partial charge in [-0.1, -0.05) is 45.0 Å². The van der Waals surface area contributed by atoms with Crippen LogP contribution in [0.4, 0.5) is 0 Å². The molecule has 0 aromatic heterocycles. The molecule has 1 aliphatic heterocycles. The largest absolute Gasteiger partial charge is 0.313 e. The zero-order chi connectivity index (χ0) is 15.1.